The molecule has 1 N–H and O–H groups in total. The zero-order chi connectivity index (χ0) is 21.8. The minimum absolute atomic E-state index is 0.108. The number of anilines is 1. The standard InChI is InChI=1S/C21H20FN3O4S/c1-24-19(27)17(25(21(24)30)12-13-3-7-15(22)8-4-13)11-18(26)23-16-9-5-14(6-10-16)20(28)29-2/h3-10,17H,11-12H2,1-2H3,(H,23,26)/t17-/m0/s1. The quantitative estimate of drug-likeness (QED) is 0.562. The first-order chi connectivity index (χ1) is 14.3. The van der Waals surface area contributed by atoms with Crippen molar-refractivity contribution < 1.29 is 23.5 Å². The molecule has 0 aliphatic carbocycles. The molecule has 1 atom stereocenters. The molecule has 1 fully saturated rings. The van der Waals surface area contributed by atoms with Gasteiger partial charge in [-0.15, -0.1) is 0 Å². The lowest BCUT2D eigenvalue weighted by Crippen LogP contribution is -2.37. The van der Waals surface area contributed by atoms with Crippen molar-refractivity contribution in [2.75, 3.05) is 19.5 Å². The molecule has 1 saturated heterocycles. The van der Waals surface area contributed by atoms with Gasteiger partial charge in [-0.25, -0.2) is 9.18 Å². The van der Waals surface area contributed by atoms with Gasteiger partial charge in [-0.1, -0.05) is 12.1 Å². The molecule has 9 heteroatoms. The summed E-state index contributed by atoms with van der Waals surface area (Å²) in [7, 11) is 2.85. The maximum absolute atomic E-state index is 13.2. The molecule has 7 nitrogen and oxygen atoms in total. The number of likely N-dealkylation sites (N-methyl/N-ethyl adjacent to an activating group) is 1. The molecule has 0 bridgehead atoms. The Balaban J connectivity index is 1.69. The van der Waals surface area contributed by atoms with Crippen LogP contribution in [0.5, 0.6) is 0 Å². The second kappa shape index (κ2) is 9.00. The van der Waals surface area contributed by atoms with Crippen LogP contribution in [0.4, 0.5) is 10.1 Å². The summed E-state index contributed by atoms with van der Waals surface area (Å²) in [5, 5.41) is 3.02. The number of carbonyl (C=O) groups is 3. The summed E-state index contributed by atoms with van der Waals surface area (Å²) < 4.78 is 17.8. The fraction of sp³-hybridized carbons (Fsp3) is 0.238. The fourth-order valence-electron chi connectivity index (χ4n) is 3.13. The Kier molecular flexibility index (Phi) is 6.41. The number of methoxy groups -OCH3 is 1. The number of hydrogen-bond acceptors (Lipinski definition) is 5. The molecule has 0 saturated carbocycles. The fourth-order valence-corrected chi connectivity index (χ4v) is 3.42. The number of nitrogens with one attached hydrogen (secondary N) is 1. The molecule has 2 amide bonds. The van der Waals surface area contributed by atoms with Crippen molar-refractivity contribution in [2.45, 2.75) is 19.0 Å². The maximum atomic E-state index is 13.2. The Morgan fingerprint density at radius 1 is 1.13 bits per heavy atom. The lowest BCUT2D eigenvalue weighted by atomic mass is 10.1. The van der Waals surface area contributed by atoms with Crippen molar-refractivity contribution in [3.8, 4) is 0 Å². The lowest BCUT2D eigenvalue weighted by Gasteiger charge is -2.23. The van der Waals surface area contributed by atoms with E-state index >= 15 is 0 Å². The van der Waals surface area contributed by atoms with Crippen molar-refractivity contribution in [3.63, 3.8) is 0 Å². The third-order valence-electron chi connectivity index (χ3n) is 4.76. The topological polar surface area (TPSA) is 78.9 Å². The van der Waals surface area contributed by atoms with Crippen LogP contribution in [-0.2, 0) is 20.9 Å². The zero-order valence-corrected chi connectivity index (χ0v) is 17.2. The Morgan fingerprint density at radius 2 is 1.77 bits per heavy atom. The predicted octanol–water partition coefficient (Wildman–Crippen LogP) is 2.57. The van der Waals surface area contributed by atoms with E-state index in [1.807, 2.05) is 0 Å². The number of ether oxygens (including phenoxy) is 1. The number of hydrogen-bond donors (Lipinski definition) is 1. The number of thiocarbonyl (C=S) groups is 1. The van der Waals surface area contributed by atoms with Crippen LogP contribution in [0.3, 0.4) is 0 Å². The first kappa shape index (κ1) is 21.4. The van der Waals surface area contributed by atoms with E-state index in [0.29, 0.717) is 16.4 Å². The van der Waals surface area contributed by atoms with E-state index in [4.69, 9.17) is 12.2 Å². The summed E-state index contributed by atoms with van der Waals surface area (Å²) in [6.45, 7) is 0.279. The molecule has 0 aromatic heterocycles. The normalized spacial score (nSPS) is 16.0. The first-order valence-electron chi connectivity index (χ1n) is 9.11. The molecule has 0 radical (unpaired) electrons. The summed E-state index contributed by atoms with van der Waals surface area (Å²) in [4.78, 5) is 39.7. The van der Waals surface area contributed by atoms with Crippen molar-refractivity contribution >= 4 is 40.8 Å². The Labute approximate surface area is 178 Å². The van der Waals surface area contributed by atoms with Gasteiger partial charge in [0.25, 0.3) is 5.91 Å². The highest BCUT2D eigenvalue weighted by atomic mass is 32.1. The molecule has 1 aliphatic heterocycles. The first-order valence-corrected chi connectivity index (χ1v) is 9.52. The molecular weight excluding hydrogens is 409 g/mol. The monoisotopic (exact) mass is 429 g/mol. The molecule has 0 spiro atoms. The van der Waals surface area contributed by atoms with Crippen LogP contribution in [0, 0.1) is 5.82 Å². The van der Waals surface area contributed by atoms with Crippen molar-refractivity contribution in [3.05, 3.63) is 65.5 Å². The summed E-state index contributed by atoms with van der Waals surface area (Å²) in [6.07, 6.45) is -0.108. The van der Waals surface area contributed by atoms with Gasteiger partial charge in [0.1, 0.15) is 11.9 Å². The zero-order valence-electron chi connectivity index (χ0n) is 16.4. The Hall–Kier alpha value is -3.33. The van der Waals surface area contributed by atoms with E-state index in [0.717, 1.165) is 5.56 Å². The Bertz CT molecular complexity index is 979. The summed E-state index contributed by atoms with van der Waals surface area (Å²) >= 11 is 5.36. The van der Waals surface area contributed by atoms with Crippen molar-refractivity contribution in [2.24, 2.45) is 0 Å². The molecule has 2 aromatic rings. The number of benzene rings is 2. The number of nitrogens with zero attached hydrogens (tertiary/aromatic N) is 2. The number of halogens is 1. The van der Waals surface area contributed by atoms with Crippen LogP contribution in [0.2, 0.25) is 0 Å². The number of carbonyl (C=O) groups excluding carboxylic acids is 3. The SMILES string of the molecule is COC(=O)c1ccc(NC(=O)C[C@H]2C(=O)N(C)C(=S)N2Cc2ccc(F)cc2)cc1. The van der Waals surface area contributed by atoms with Gasteiger partial charge in [-0.3, -0.25) is 14.5 Å². The highest BCUT2D eigenvalue weighted by Crippen LogP contribution is 2.23. The summed E-state index contributed by atoms with van der Waals surface area (Å²) in [5.41, 5.74) is 1.61. The highest BCUT2D eigenvalue weighted by molar-refractivity contribution is 7.80. The van der Waals surface area contributed by atoms with E-state index < -0.39 is 12.0 Å². The minimum atomic E-state index is -0.762. The van der Waals surface area contributed by atoms with Crippen LogP contribution < -0.4 is 5.32 Å². The lowest BCUT2D eigenvalue weighted by molar-refractivity contribution is -0.130. The third kappa shape index (κ3) is 4.62. The highest BCUT2D eigenvalue weighted by Gasteiger charge is 2.41. The van der Waals surface area contributed by atoms with Crippen LogP contribution in [0.15, 0.2) is 48.5 Å². The van der Waals surface area contributed by atoms with Crippen molar-refractivity contribution in [1.29, 1.82) is 0 Å². The number of amides is 2. The average molecular weight is 429 g/mol. The smallest absolute Gasteiger partial charge is 0.337 e. The molecule has 30 heavy (non-hydrogen) atoms. The second-order valence-electron chi connectivity index (χ2n) is 6.77. The second-order valence-corrected chi connectivity index (χ2v) is 7.14. The molecular formula is C21H20FN3O4S. The van der Waals surface area contributed by atoms with Gasteiger partial charge in [-0.05, 0) is 54.2 Å². The van der Waals surface area contributed by atoms with E-state index in [2.05, 4.69) is 10.1 Å². The van der Waals surface area contributed by atoms with Gasteiger partial charge in [0.2, 0.25) is 5.91 Å². The number of rotatable bonds is 6. The molecule has 3 rings (SSSR count). The number of esters is 1. The van der Waals surface area contributed by atoms with E-state index in [9.17, 15) is 18.8 Å². The van der Waals surface area contributed by atoms with Gasteiger partial charge in [-0.2, -0.15) is 0 Å². The molecule has 1 aliphatic rings. The third-order valence-corrected chi connectivity index (χ3v) is 5.27. The van der Waals surface area contributed by atoms with Crippen LogP contribution in [-0.4, -0.2) is 52.9 Å². The van der Waals surface area contributed by atoms with Crippen LogP contribution in [0.1, 0.15) is 22.3 Å². The van der Waals surface area contributed by atoms with Crippen LogP contribution in [0.25, 0.3) is 0 Å². The molecule has 2 aromatic carbocycles. The van der Waals surface area contributed by atoms with Gasteiger partial charge in [0.15, 0.2) is 5.11 Å². The van der Waals surface area contributed by atoms with Crippen molar-refractivity contribution in [1.82, 2.24) is 9.80 Å². The van der Waals surface area contributed by atoms with Gasteiger partial charge < -0.3 is 15.0 Å². The average Bonchev–Trinajstić information content (AvgIpc) is 2.93. The van der Waals surface area contributed by atoms with E-state index in [1.54, 1.807) is 36.2 Å². The molecule has 156 valence electrons. The Morgan fingerprint density at radius 3 is 2.37 bits per heavy atom. The summed E-state index contributed by atoms with van der Waals surface area (Å²) in [6, 6.07) is 11.3. The predicted molar refractivity (Wildman–Crippen MR) is 112 cm³/mol. The van der Waals surface area contributed by atoms with Gasteiger partial charge in [0, 0.05) is 19.3 Å². The van der Waals surface area contributed by atoms with Gasteiger partial charge >= 0.3 is 5.97 Å². The van der Waals surface area contributed by atoms with Crippen LogP contribution >= 0.6 is 12.2 Å². The molecule has 0 unspecified atom stereocenters. The maximum Gasteiger partial charge on any atom is 0.337 e. The largest absolute Gasteiger partial charge is 0.465 e. The van der Waals surface area contributed by atoms with Gasteiger partial charge in [0.05, 0.1) is 19.1 Å². The summed E-state index contributed by atoms with van der Waals surface area (Å²) in [5.74, 6) is -1.48. The van der Waals surface area contributed by atoms with E-state index in [1.165, 1.54) is 36.3 Å². The molecule has 1 heterocycles. The minimum Gasteiger partial charge on any atom is -0.465 e. The van der Waals surface area contributed by atoms with E-state index in [-0.39, 0.29) is 30.6 Å².